The number of aliphatic hydroxyl groups excluding tert-OH is 1. The Morgan fingerprint density at radius 3 is 2.54 bits per heavy atom. The fraction of sp³-hybridized carbons (Fsp3) is 0.444. The Hall–Kier alpha value is -3.63. The lowest BCUT2D eigenvalue weighted by molar-refractivity contribution is -0.130. The second-order valence-electron chi connectivity index (χ2n) is 9.90. The number of nitrogens with zero attached hydrogens (tertiary/aromatic N) is 2. The molecule has 2 aromatic heterocycles. The lowest BCUT2D eigenvalue weighted by atomic mass is 9.85. The summed E-state index contributed by atoms with van der Waals surface area (Å²) in [5, 5.41) is 27.1. The maximum Gasteiger partial charge on any atom is 0.293 e. The summed E-state index contributed by atoms with van der Waals surface area (Å²) in [6, 6.07) is 10.6. The topological polar surface area (TPSA) is 143 Å². The zero-order valence-corrected chi connectivity index (χ0v) is 21.7. The van der Waals surface area contributed by atoms with Gasteiger partial charge in [0.2, 0.25) is 5.91 Å². The maximum absolute atomic E-state index is 13.5. The highest BCUT2D eigenvalue weighted by atomic mass is 16.5. The van der Waals surface area contributed by atoms with Gasteiger partial charge in [0.25, 0.3) is 5.89 Å². The second-order valence-corrected chi connectivity index (χ2v) is 9.90. The van der Waals surface area contributed by atoms with Gasteiger partial charge in [-0.15, -0.1) is 0 Å². The van der Waals surface area contributed by atoms with Gasteiger partial charge in [0.15, 0.2) is 11.6 Å². The average Bonchev–Trinajstić information content (AvgIpc) is 3.57. The third-order valence-electron chi connectivity index (χ3n) is 6.02. The summed E-state index contributed by atoms with van der Waals surface area (Å²) in [5.74, 6) is 0.415. The Balaban J connectivity index is 1.74. The van der Waals surface area contributed by atoms with Gasteiger partial charge in [-0.3, -0.25) is 15.5 Å². The van der Waals surface area contributed by atoms with Crippen LogP contribution in [0.5, 0.6) is 5.75 Å². The van der Waals surface area contributed by atoms with Crippen molar-refractivity contribution in [1.29, 1.82) is 0 Å². The predicted molar refractivity (Wildman–Crippen MR) is 136 cm³/mol. The molecule has 0 aliphatic carbocycles. The lowest BCUT2D eigenvalue weighted by Crippen LogP contribution is -2.45. The van der Waals surface area contributed by atoms with Crippen LogP contribution < -0.4 is 15.5 Å². The first-order chi connectivity index (χ1) is 17.6. The molecule has 3 rings (SSSR count). The molecule has 1 aromatic carbocycles. The number of ether oxygens (including phenoxy) is 1. The Labute approximate surface area is 216 Å². The van der Waals surface area contributed by atoms with E-state index in [0.717, 1.165) is 11.3 Å². The average molecular weight is 513 g/mol. The molecule has 1 amide bonds. The van der Waals surface area contributed by atoms with Crippen molar-refractivity contribution in [1.82, 2.24) is 20.9 Å². The number of benzene rings is 1. The van der Waals surface area contributed by atoms with Gasteiger partial charge >= 0.3 is 0 Å². The molecule has 37 heavy (non-hydrogen) atoms. The molecule has 0 saturated carbocycles. The summed E-state index contributed by atoms with van der Waals surface area (Å²) >= 11 is 0. The van der Waals surface area contributed by atoms with Crippen molar-refractivity contribution in [2.45, 2.75) is 59.1 Å². The molecule has 10 nitrogen and oxygen atoms in total. The van der Waals surface area contributed by atoms with Crippen molar-refractivity contribution < 1.29 is 28.8 Å². The maximum atomic E-state index is 13.5. The molecular weight excluding hydrogens is 476 g/mol. The zero-order chi connectivity index (χ0) is 27.0. The summed E-state index contributed by atoms with van der Waals surface area (Å²) in [6.07, 6.45) is 1.86. The van der Waals surface area contributed by atoms with Gasteiger partial charge in [-0.1, -0.05) is 44.6 Å². The predicted octanol–water partition coefficient (Wildman–Crippen LogP) is 4.42. The van der Waals surface area contributed by atoms with E-state index in [1.54, 1.807) is 12.1 Å². The van der Waals surface area contributed by atoms with Crippen molar-refractivity contribution in [2.75, 3.05) is 6.61 Å². The third-order valence-corrected chi connectivity index (χ3v) is 6.02. The van der Waals surface area contributed by atoms with Crippen LogP contribution in [0.1, 0.15) is 58.0 Å². The van der Waals surface area contributed by atoms with Crippen molar-refractivity contribution >= 4 is 5.91 Å². The van der Waals surface area contributed by atoms with E-state index in [1.807, 2.05) is 57.4 Å². The van der Waals surface area contributed by atoms with E-state index >= 15 is 0 Å². The molecule has 3 atom stereocenters. The Bertz CT molecular complexity index is 1130. The SMILES string of the molecule is C=C(NO)[C@@H](O)[C@@H](CCCc1ccc(OCC)cc1)C(=O)N[C@H](c1noc(-c2ccco2)n1)C(C)(C)C. The monoisotopic (exact) mass is 512 g/mol. The highest BCUT2D eigenvalue weighted by Crippen LogP contribution is 2.33. The van der Waals surface area contributed by atoms with Gasteiger partial charge in [0, 0.05) is 0 Å². The number of aryl methyl sites for hydroxylation is 1. The molecule has 3 aromatic rings. The van der Waals surface area contributed by atoms with Crippen LogP contribution in [0.25, 0.3) is 11.7 Å². The van der Waals surface area contributed by atoms with Crippen molar-refractivity contribution in [2.24, 2.45) is 11.3 Å². The van der Waals surface area contributed by atoms with Crippen molar-refractivity contribution in [3.63, 3.8) is 0 Å². The van der Waals surface area contributed by atoms with Gasteiger partial charge in [0.1, 0.15) is 11.9 Å². The molecule has 0 bridgehead atoms. The number of hydrogen-bond acceptors (Lipinski definition) is 9. The molecule has 0 spiro atoms. The van der Waals surface area contributed by atoms with Gasteiger partial charge in [0.05, 0.1) is 30.5 Å². The summed E-state index contributed by atoms with van der Waals surface area (Å²) in [6.45, 7) is 12.0. The van der Waals surface area contributed by atoms with Crippen LogP contribution in [0.4, 0.5) is 0 Å². The second kappa shape index (κ2) is 12.6. The van der Waals surface area contributed by atoms with Gasteiger partial charge in [-0.25, -0.2) is 0 Å². The number of carbonyl (C=O) groups excluding carboxylic acids is 1. The van der Waals surface area contributed by atoms with E-state index in [0.29, 0.717) is 31.6 Å². The van der Waals surface area contributed by atoms with Crippen molar-refractivity contribution in [3.8, 4) is 17.4 Å². The van der Waals surface area contributed by atoms with Crippen molar-refractivity contribution in [3.05, 3.63) is 66.3 Å². The largest absolute Gasteiger partial charge is 0.494 e. The van der Waals surface area contributed by atoms with Crippen LogP contribution in [0.2, 0.25) is 0 Å². The molecular formula is C27H36N4O6. The normalized spacial score (nSPS) is 14.0. The number of aliphatic hydroxyl groups is 1. The zero-order valence-electron chi connectivity index (χ0n) is 21.7. The Morgan fingerprint density at radius 1 is 1.22 bits per heavy atom. The number of nitrogens with one attached hydrogen (secondary N) is 2. The van der Waals surface area contributed by atoms with Gasteiger partial charge in [-0.05, 0) is 61.4 Å². The number of rotatable bonds is 13. The quantitative estimate of drug-likeness (QED) is 0.245. The number of furan rings is 1. The Kier molecular flexibility index (Phi) is 9.48. The Morgan fingerprint density at radius 2 is 1.95 bits per heavy atom. The van der Waals surface area contributed by atoms with Gasteiger partial charge in [-0.2, -0.15) is 4.98 Å². The number of hydroxylamine groups is 1. The molecule has 0 radical (unpaired) electrons. The number of aromatic nitrogens is 2. The van der Waals surface area contributed by atoms with Crippen LogP contribution in [-0.2, 0) is 11.2 Å². The number of hydrogen-bond donors (Lipinski definition) is 4. The standard InChI is InChI=1S/C27H36N4O6/c1-6-35-19-14-12-18(13-15-19)9-7-10-20(22(32)17(2)30-34)25(33)28-23(27(3,4)5)24-29-26(37-31-24)21-11-8-16-36-21/h8,11-16,20,22-23,30,32,34H,2,6-7,9-10H2,1,3-5H3,(H,28,33)/t20-,22-,23-/m1/s1. The van der Waals surface area contributed by atoms with E-state index in [2.05, 4.69) is 22.0 Å². The molecule has 0 unspecified atom stereocenters. The van der Waals surface area contributed by atoms with Crippen LogP contribution >= 0.6 is 0 Å². The fourth-order valence-electron chi connectivity index (χ4n) is 3.96. The van der Waals surface area contributed by atoms with E-state index in [9.17, 15) is 15.1 Å². The summed E-state index contributed by atoms with van der Waals surface area (Å²) in [5.41, 5.74) is 2.41. The summed E-state index contributed by atoms with van der Waals surface area (Å²) in [7, 11) is 0. The van der Waals surface area contributed by atoms with Crippen LogP contribution in [0.15, 0.2) is 63.9 Å². The van der Waals surface area contributed by atoms with Gasteiger partial charge < -0.3 is 24.1 Å². The lowest BCUT2D eigenvalue weighted by Gasteiger charge is -2.31. The molecule has 0 aliphatic heterocycles. The van der Waals surface area contributed by atoms with Crippen LogP contribution in [-0.4, -0.2) is 39.1 Å². The van der Waals surface area contributed by atoms with E-state index in [4.69, 9.17) is 13.7 Å². The molecule has 2 heterocycles. The first-order valence-corrected chi connectivity index (χ1v) is 12.3. The van der Waals surface area contributed by atoms with E-state index < -0.39 is 29.4 Å². The van der Waals surface area contributed by atoms with E-state index in [-0.39, 0.29) is 17.4 Å². The third kappa shape index (κ3) is 7.43. The number of amides is 1. The first kappa shape index (κ1) is 27.9. The smallest absolute Gasteiger partial charge is 0.293 e. The highest BCUT2D eigenvalue weighted by molar-refractivity contribution is 5.80. The molecule has 0 fully saturated rings. The minimum absolute atomic E-state index is 0.0619. The first-order valence-electron chi connectivity index (χ1n) is 12.3. The minimum Gasteiger partial charge on any atom is -0.494 e. The summed E-state index contributed by atoms with van der Waals surface area (Å²) < 4.78 is 16.1. The number of carbonyl (C=O) groups is 1. The summed E-state index contributed by atoms with van der Waals surface area (Å²) in [4.78, 5) is 17.9. The highest BCUT2D eigenvalue weighted by Gasteiger charge is 2.36. The molecule has 0 saturated heterocycles. The van der Waals surface area contributed by atoms with Crippen LogP contribution in [0.3, 0.4) is 0 Å². The molecule has 200 valence electrons. The minimum atomic E-state index is -1.31. The molecule has 0 aliphatic rings. The molecule has 10 heteroatoms. The fourth-order valence-corrected chi connectivity index (χ4v) is 3.96. The van der Waals surface area contributed by atoms with E-state index in [1.165, 1.54) is 6.26 Å². The molecule has 4 N–H and O–H groups in total. The van der Waals surface area contributed by atoms with Crippen LogP contribution in [0, 0.1) is 11.3 Å².